The predicted molar refractivity (Wildman–Crippen MR) is 229 cm³/mol. The van der Waals surface area contributed by atoms with Gasteiger partial charge >= 0.3 is 14.2 Å². The minimum Gasteiger partial charge on any atom is -0.423 e. The molecule has 0 heterocycles. The first-order valence-electron chi connectivity index (χ1n) is 18.0. The molecular weight excluding hydrogens is 730 g/mol. The van der Waals surface area contributed by atoms with Gasteiger partial charge in [0.15, 0.2) is 0 Å². The summed E-state index contributed by atoms with van der Waals surface area (Å²) in [6.45, 7) is 0. The van der Waals surface area contributed by atoms with Gasteiger partial charge in [-0.2, -0.15) is 0 Å². The molecule has 6 aromatic rings. The second-order valence-electron chi connectivity index (χ2n) is 13.7. The predicted octanol–water partition coefficient (Wildman–Crippen LogP) is 8.13. The Labute approximate surface area is 324 Å². The van der Waals surface area contributed by atoms with Crippen molar-refractivity contribution in [2.45, 2.75) is 19.3 Å². The number of hydrogen-bond donors (Lipinski definition) is 4. The van der Waals surface area contributed by atoms with Gasteiger partial charge in [-0.15, -0.1) is 0 Å². The van der Waals surface area contributed by atoms with Crippen LogP contribution >= 0.6 is 15.9 Å². The highest BCUT2D eigenvalue weighted by molar-refractivity contribution is 9.11. The van der Waals surface area contributed by atoms with Crippen molar-refractivity contribution in [3.8, 4) is 0 Å². The van der Waals surface area contributed by atoms with Gasteiger partial charge in [0.1, 0.15) is 12.2 Å². The smallest absolute Gasteiger partial charge is 0.423 e. The molecule has 10 rings (SSSR count). The van der Waals surface area contributed by atoms with Gasteiger partial charge in [0.2, 0.25) is 0 Å². The monoisotopic (exact) mass is 765 g/mol. The quantitative estimate of drug-likeness (QED) is 0.108. The highest BCUT2D eigenvalue weighted by Gasteiger charge is 2.23. The Kier molecular flexibility index (Phi) is 10.3. The Balaban J connectivity index is 0.000000133. The maximum atomic E-state index is 9.22. The molecule has 4 aliphatic rings. The topological polar surface area (TPSA) is 80.9 Å². The van der Waals surface area contributed by atoms with Crippen LogP contribution in [0.25, 0.3) is 44.8 Å². The Morgan fingerprint density at radius 3 is 1.52 bits per heavy atom. The first-order chi connectivity index (χ1) is 26.3. The van der Waals surface area contributed by atoms with Gasteiger partial charge < -0.3 is 20.1 Å². The van der Waals surface area contributed by atoms with Crippen LogP contribution in [0.1, 0.15) is 39.8 Å². The van der Waals surface area contributed by atoms with E-state index in [-0.39, 0.29) is 10.9 Å². The van der Waals surface area contributed by atoms with Crippen LogP contribution in [0.2, 0.25) is 0 Å². The molecule has 0 unspecified atom stereocenters. The molecule has 4 aliphatic carbocycles. The second kappa shape index (κ2) is 15.5. The maximum Gasteiger partial charge on any atom is 0.489 e. The molecule has 0 bridgehead atoms. The highest BCUT2D eigenvalue weighted by atomic mass is 79.9. The first kappa shape index (κ1) is 35.7. The number of rotatable bonds is 4. The lowest BCUT2D eigenvalue weighted by Crippen LogP contribution is -2.38. The van der Waals surface area contributed by atoms with Gasteiger partial charge in [-0.1, -0.05) is 149 Å². The summed E-state index contributed by atoms with van der Waals surface area (Å²) in [4.78, 5) is 0. The third-order valence-corrected chi connectivity index (χ3v) is 10.8. The molecule has 0 aliphatic heterocycles. The van der Waals surface area contributed by atoms with Gasteiger partial charge in [-0.25, -0.2) is 0 Å². The van der Waals surface area contributed by atoms with Crippen LogP contribution in [0, 0.1) is 6.08 Å². The van der Waals surface area contributed by atoms with Crippen molar-refractivity contribution in [2.24, 2.45) is 0 Å². The molecule has 0 radical (unpaired) electrons. The van der Waals surface area contributed by atoms with Crippen LogP contribution < -0.4 is 10.9 Å². The van der Waals surface area contributed by atoms with Crippen LogP contribution in [0.5, 0.6) is 0 Å². The van der Waals surface area contributed by atoms with E-state index in [0.717, 1.165) is 24.6 Å². The molecule has 54 heavy (non-hydrogen) atoms. The summed E-state index contributed by atoms with van der Waals surface area (Å²) in [6, 6.07) is 41.0. The van der Waals surface area contributed by atoms with Gasteiger partial charge in [0.25, 0.3) is 0 Å². The van der Waals surface area contributed by atoms with E-state index < -0.39 is 14.2 Å². The fourth-order valence-electron chi connectivity index (χ4n) is 7.78. The van der Waals surface area contributed by atoms with Crippen LogP contribution in [0.3, 0.4) is 0 Å². The summed E-state index contributed by atoms with van der Waals surface area (Å²) in [5.74, 6) is 0. The van der Waals surface area contributed by atoms with E-state index in [4.69, 9.17) is 0 Å². The van der Waals surface area contributed by atoms with Crippen LogP contribution in [0.4, 0.5) is 0 Å². The van der Waals surface area contributed by atoms with E-state index in [9.17, 15) is 20.1 Å². The van der Waals surface area contributed by atoms with Crippen molar-refractivity contribution in [2.75, 3.05) is 0 Å². The number of allylic oxidation sites excluding steroid dienone is 10. The Hall–Kier alpha value is -5.36. The molecule has 0 atom stereocenters. The van der Waals surface area contributed by atoms with Crippen molar-refractivity contribution in [3.63, 3.8) is 0 Å². The zero-order chi connectivity index (χ0) is 37.2. The molecule has 7 heteroatoms. The Morgan fingerprint density at radius 1 is 0.519 bits per heavy atom. The molecule has 4 nitrogen and oxygen atoms in total. The number of hydrogen-bond acceptors (Lipinski definition) is 4. The molecule has 260 valence electrons. The lowest BCUT2D eigenvalue weighted by molar-refractivity contribution is 0.426. The van der Waals surface area contributed by atoms with Crippen molar-refractivity contribution < 1.29 is 20.1 Å². The molecule has 0 aromatic heterocycles. The highest BCUT2D eigenvalue weighted by Crippen LogP contribution is 2.40. The summed E-state index contributed by atoms with van der Waals surface area (Å²) < 4.78 is 1.27. The summed E-state index contributed by atoms with van der Waals surface area (Å²) in [5, 5.41) is 40.8. The van der Waals surface area contributed by atoms with Crippen LogP contribution in [-0.4, -0.2) is 34.3 Å². The SMILES string of the molecule is BrC1=CC2=C(C=[C+]C=C2)C1.C1=C(c2cccc3cccc(C4=Cc5ccccc5C4)c23)Cc2ccccc21.OB(O)c1cccc2cccc(B(O)O)c12. The zero-order valence-electron chi connectivity index (χ0n) is 29.5. The van der Waals surface area contributed by atoms with Gasteiger partial charge in [-0.05, 0) is 95.9 Å². The lowest BCUT2D eigenvalue weighted by atomic mass is 9.69. The first-order valence-corrected chi connectivity index (χ1v) is 18.8. The molecule has 0 saturated heterocycles. The number of fused-ring (bicyclic) bond motifs is 4. The molecule has 4 N–H and O–H groups in total. The number of benzene rings is 6. The average Bonchev–Trinajstić information content (AvgIpc) is 3.93. The summed E-state index contributed by atoms with van der Waals surface area (Å²) in [6.07, 6.45) is 19.1. The van der Waals surface area contributed by atoms with E-state index in [0.29, 0.717) is 5.39 Å². The van der Waals surface area contributed by atoms with E-state index in [1.165, 1.54) is 70.9 Å². The summed E-state index contributed by atoms with van der Waals surface area (Å²) in [7, 11) is -3.27. The molecular formula is C47H36B2BrO4+. The lowest BCUT2D eigenvalue weighted by Gasteiger charge is -2.14. The Bertz CT molecular complexity index is 2470. The van der Waals surface area contributed by atoms with E-state index in [2.05, 4.69) is 131 Å². The van der Waals surface area contributed by atoms with E-state index >= 15 is 0 Å². The molecule has 0 spiro atoms. The van der Waals surface area contributed by atoms with Gasteiger partial charge in [0.05, 0.1) is 23.6 Å². The molecule has 0 fully saturated rings. The van der Waals surface area contributed by atoms with E-state index in [1.54, 1.807) is 36.4 Å². The zero-order valence-corrected chi connectivity index (χ0v) is 31.0. The summed E-state index contributed by atoms with van der Waals surface area (Å²) >= 11 is 3.47. The second-order valence-corrected chi connectivity index (χ2v) is 14.8. The normalized spacial score (nSPS) is 14.5. The van der Waals surface area contributed by atoms with Crippen molar-refractivity contribution >= 4 is 85.9 Å². The minimum absolute atomic E-state index is 0.265. The standard InChI is InChI=1S/C28H20.C10H10B2O4.C9H6Br/c1-2-8-21-16-24(15-20(21)7-1)26-13-5-11-19-12-6-14-27(28(19)26)25-17-22-9-3-4-10-23(22)18-25;13-11(14)8-5-1-3-7-4-2-6-9(10(7)8)12(15)16;10-9-5-7-3-1-2-4-8(7)6-9/h1-15,17H,16,18H2;1-6,13-16H;1,3-5H,6H2/q;;+1. The van der Waals surface area contributed by atoms with Crippen LogP contribution in [0.15, 0.2) is 161 Å². The van der Waals surface area contributed by atoms with Crippen molar-refractivity contribution in [1.82, 2.24) is 0 Å². The third-order valence-electron chi connectivity index (χ3n) is 10.3. The van der Waals surface area contributed by atoms with Crippen molar-refractivity contribution in [1.29, 1.82) is 0 Å². The minimum atomic E-state index is -1.64. The van der Waals surface area contributed by atoms with Gasteiger partial charge in [0, 0.05) is 10.6 Å². The summed E-state index contributed by atoms with van der Waals surface area (Å²) in [5.41, 5.74) is 14.4. The average molecular weight is 766 g/mol. The molecule has 6 aromatic carbocycles. The molecule has 0 amide bonds. The largest absolute Gasteiger partial charge is 0.489 e. The van der Waals surface area contributed by atoms with E-state index in [1.807, 2.05) is 12.2 Å². The number of halogens is 1. The van der Waals surface area contributed by atoms with Crippen LogP contribution in [-0.2, 0) is 12.8 Å². The Morgan fingerprint density at radius 2 is 1.02 bits per heavy atom. The fraction of sp³-hybridized carbons (Fsp3) is 0.0638. The fourth-order valence-corrected chi connectivity index (χ4v) is 8.33. The molecule has 0 saturated carbocycles. The van der Waals surface area contributed by atoms with Crippen molar-refractivity contribution in [3.05, 3.63) is 201 Å². The third kappa shape index (κ3) is 7.26. The maximum absolute atomic E-state index is 9.22. The van der Waals surface area contributed by atoms with Gasteiger partial charge in [-0.3, -0.25) is 0 Å².